The van der Waals surface area contributed by atoms with Crippen molar-refractivity contribution < 1.29 is 8.42 Å². The van der Waals surface area contributed by atoms with Crippen LogP contribution in [0, 0.1) is 12.8 Å². The van der Waals surface area contributed by atoms with Crippen molar-refractivity contribution in [3.05, 3.63) is 35.9 Å². The van der Waals surface area contributed by atoms with Crippen LogP contribution < -0.4 is 10.0 Å². The number of anilines is 1. The van der Waals surface area contributed by atoms with E-state index in [1.165, 1.54) is 12.8 Å². The summed E-state index contributed by atoms with van der Waals surface area (Å²) in [5.74, 6) is 1.53. The molecule has 2 aromatic rings. The molecule has 128 valence electrons. The summed E-state index contributed by atoms with van der Waals surface area (Å²) in [4.78, 5) is 2.37. The van der Waals surface area contributed by atoms with E-state index < -0.39 is 10.0 Å². The Bertz CT molecular complexity index is 834. The Kier molecular flexibility index (Phi) is 4.56. The van der Waals surface area contributed by atoms with Gasteiger partial charge in [0, 0.05) is 18.7 Å². The van der Waals surface area contributed by atoms with Crippen LogP contribution in [0.25, 0.3) is 11.3 Å². The summed E-state index contributed by atoms with van der Waals surface area (Å²) < 4.78 is 23.3. The summed E-state index contributed by atoms with van der Waals surface area (Å²) in [5.41, 5.74) is 1.94. The molecule has 7 heteroatoms. The van der Waals surface area contributed by atoms with E-state index in [1.807, 2.05) is 18.2 Å². The molecular formula is C17H22N4O2S. The summed E-state index contributed by atoms with van der Waals surface area (Å²) in [6.07, 6.45) is 2.42. The molecule has 24 heavy (non-hydrogen) atoms. The number of sulfonamides is 1. The van der Waals surface area contributed by atoms with E-state index in [1.54, 1.807) is 19.1 Å². The van der Waals surface area contributed by atoms with Crippen molar-refractivity contribution in [3.8, 4) is 11.3 Å². The van der Waals surface area contributed by atoms with Crippen LogP contribution in [0.4, 0.5) is 5.82 Å². The van der Waals surface area contributed by atoms with Gasteiger partial charge in [-0.05, 0) is 49.4 Å². The number of aryl methyl sites for hydroxylation is 1. The molecule has 1 aromatic carbocycles. The third-order valence-corrected chi connectivity index (χ3v) is 5.47. The number of piperidine rings is 1. The summed E-state index contributed by atoms with van der Waals surface area (Å²) in [5, 5.41) is 13.9. The Morgan fingerprint density at radius 2 is 2.00 bits per heavy atom. The van der Waals surface area contributed by atoms with Gasteiger partial charge in [0.15, 0.2) is 5.82 Å². The molecule has 2 N–H and O–H groups in total. The van der Waals surface area contributed by atoms with Gasteiger partial charge in [0.2, 0.25) is 10.0 Å². The summed E-state index contributed by atoms with van der Waals surface area (Å²) in [6, 6.07) is 8.93. The van der Waals surface area contributed by atoms with Crippen LogP contribution in [0.15, 0.2) is 35.2 Å². The van der Waals surface area contributed by atoms with Crippen molar-refractivity contribution in [1.82, 2.24) is 10.2 Å². The fourth-order valence-electron chi connectivity index (χ4n) is 3.11. The SMILES string of the molecule is Cc1ccc(-c2ccc(N3CCC[C@@H](C)C3)nn2)cc1S(N)(=O)=O. The van der Waals surface area contributed by atoms with Crippen molar-refractivity contribution in [2.75, 3.05) is 18.0 Å². The molecule has 1 aliphatic rings. The minimum Gasteiger partial charge on any atom is -0.355 e. The molecule has 1 atom stereocenters. The number of nitrogens with two attached hydrogens (primary N) is 1. The van der Waals surface area contributed by atoms with E-state index in [0.717, 1.165) is 18.9 Å². The normalized spacial score (nSPS) is 18.6. The highest BCUT2D eigenvalue weighted by Gasteiger charge is 2.18. The quantitative estimate of drug-likeness (QED) is 0.921. The van der Waals surface area contributed by atoms with Gasteiger partial charge >= 0.3 is 0 Å². The zero-order valence-corrected chi connectivity index (χ0v) is 14.8. The average molecular weight is 346 g/mol. The molecule has 1 saturated heterocycles. The molecule has 0 bridgehead atoms. The standard InChI is InChI=1S/C17H22N4O2S/c1-12-4-3-9-21(11-12)17-8-7-15(19-20-17)14-6-5-13(2)16(10-14)24(18,22)23/h5-8,10,12H,3-4,9,11H2,1-2H3,(H2,18,22,23)/t12-/m1/s1. The number of hydrogen-bond acceptors (Lipinski definition) is 5. The molecule has 2 heterocycles. The lowest BCUT2D eigenvalue weighted by Gasteiger charge is -2.31. The van der Waals surface area contributed by atoms with Crippen LogP contribution in [0.3, 0.4) is 0 Å². The molecule has 0 unspecified atom stereocenters. The maximum absolute atomic E-state index is 11.7. The van der Waals surface area contributed by atoms with Crippen molar-refractivity contribution in [3.63, 3.8) is 0 Å². The predicted octanol–water partition coefficient (Wildman–Crippen LogP) is 2.34. The van der Waals surface area contributed by atoms with Crippen LogP contribution in [0.2, 0.25) is 0 Å². The second-order valence-corrected chi connectivity index (χ2v) is 8.03. The number of rotatable bonds is 3. The van der Waals surface area contributed by atoms with E-state index in [2.05, 4.69) is 22.0 Å². The predicted molar refractivity (Wildman–Crippen MR) is 94.2 cm³/mol. The first-order valence-electron chi connectivity index (χ1n) is 8.07. The van der Waals surface area contributed by atoms with E-state index in [9.17, 15) is 8.42 Å². The van der Waals surface area contributed by atoms with E-state index in [0.29, 0.717) is 22.7 Å². The number of aromatic nitrogens is 2. The van der Waals surface area contributed by atoms with Gasteiger partial charge in [0.25, 0.3) is 0 Å². The summed E-state index contributed by atoms with van der Waals surface area (Å²) in [7, 11) is -3.75. The zero-order valence-electron chi connectivity index (χ0n) is 13.9. The lowest BCUT2D eigenvalue weighted by Crippen LogP contribution is -2.34. The first-order chi connectivity index (χ1) is 11.3. The van der Waals surface area contributed by atoms with E-state index >= 15 is 0 Å². The molecule has 0 radical (unpaired) electrons. The Hall–Kier alpha value is -1.99. The Morgan fingerprint density at radius 3 is 2.62 bits per heavy atom. The Labute approximate surface area is 142 Å². The minimum atomic E-state index is -3.75. The van der Waals surface area contributed by atoms with Crippen molar-refractivity contribution >= 4 is 15.8 Å². The van der Waals surface area contributed by atoms with Crippen LogP contribution in [-0.4, -0.2) is 31.7 Å². The third-order valence-electron chi connectivity index (χ3n) is 4.42. The molecular weight excluding hydrogens is 324 g/mol. The van der Waals surface area contributed by atoms with E-state index in [4.69, 9.17) is 5.14 Å². The first kappa shape index (κ1) is 16.9. The summed E-state index contributed by atoms with van der Waals surface area (Å²) in [6.45, 7) is 5.96. The summed E-state index contributed by atoms with van der Waals surface area (Å²) >= 11 is 0. The minimum absolute atomic E-state index is 0.121. The molecule has 0 spiro atoms. The highest BCUT2D eigenvalue weighted by molar-refractivity contribution is 7.89. The van der Waals surface area contributed by atoms with Gasteiger partial charge in [-0.25, -0.2) is 13.6 Å². The molecule has 6 nitrogen and oxygen atoms in total. The second-order valence-electron chi connectivity index (χ2n) is 6.50. The van der Waals surface area contributed by atoms with Gasteiger partial charge in [-0.1, -0.05) is 19.1 Å². The second kappa shape index (κ2) is 6.49. The highest BCUT2D eigenvalue weighted by atomic mass is 32.2. The van der Waals surface area contributed by atoms with Crippen molar-refractivity contribution in [1.29, 1.82) is 0 Å². The Balaban J connectivity index is 1.89. The van der Waals surface area contributed by atoms with Crippen LogP contribution in [-0.2, 0) is 10.0 Å². The van der Waals surface area contributed by atoms with Gasteiger partial charge in [0.05, 0.1) is 10.6 Å². The van der Waals surface area contributed by atoms with Gasteiger partial charge in [0.1, 0.15) is 0 Å². The molecule has 0 aliphatic carbocycles. The van der Waals surface area contributed by atoms with Crippen LogP contribution in [0.5, 0.6) is 0 Å². The number of nitrogens with zero attached hydrogens (tertiary/aromatic N) is 3. The van der Waals surface area contributed by atoms with Gasteiger partial charge in [-0.2, -0.15) is 0 Å². The first-order valence-corrected chi connectivity index (χ1v) is 9.62. The molecule has 1 aliphatic heterocycles. The lowest BCUT2D eigenvalue weighted by molar-refractivity contribution is 0.444. The zero-order chi connectivity index (χ0) is 17.3. The molecule has 0 saturated carbocycles. The fourth-order valence-corrected chi connectivity index (χ4v) is 3.92. The van der Waals surface area contributed by atoms with E-state index in [-0.39, 0.29) is 4.90 Å². The topological polar surface area (TPSA) is 89.2 Å². The number of benzene rings is 1. The molecule has 3 rings (SSSR count). The van der Waals surface area contributed by atoms with Crippen LogP contribution in [0.1, 0.15) is 25.3 Å². The lowest BCUT2D eigenvalue weighted by atomic mass is 10.0. The monoisotopic (exact) mass is 346 g/mol. The number of hydrogen-bond donors (Lipinski definition) is 1. The average Bonchev–Trinajstić information content (AvgIpc) is 2.54. The number of primary sulfonamides is 1. The smallest absolute Gasteiger partial charge is 0.238 e. The van der Waals surface area contributed by atoms with Gasteiger partial charge in [-0.15, -0.1) is 10.2 Å². The van der Waals surface area contributed by atoms with Crippen LogP contribution >= 0.6 is 0 Å². The maximum Gasteiger partial charge on any atom is 0.238 e. The molecule has 1 aromatic heterocycles. The molecule has 1 fully saturated rings. The van der Waals surface area contributed by atoms with Crippen molar-refractivity contribution in [2.45, 2.75) is 31.6 Å². The maximum atomic E-state index is 11.7. The Morgan fingerprint density at radius 1 is 1.21 bits per heavy atom. The van der Waals surface area contributed by atoms with Gasteiger partial charge in [-0.3, -0.25) is 0 Å². The van der Waals surface area contributed by atoms with Gasteiger partial charge < -0.3 is 4.90 Å². The fraction of sp³-hybridized carbons (Fsp3) is 0.412. The van der Waals surface area contributed by atoms with Crippen molar-refractivity contribution in [2.24, 2.45) is 11.1 Å². The molecule has 0 amide bonds. The largest absolute Gasteiger partial charge is 0.355 e. The third kappa shape index (κ3) is 3.57. The highest BCUT2D eigenvalue weighted by Crippen LogP contribution is 2.25.